The molecule has 26 heavy (non-hydrogen) atoms. The molecule has 0 atom stereocenters. The summed E-state index contributed by atoms with van der Waals surface area (Å²) < 4.78 is 27.4. The van der Waals surface area contributed by atoms with E-state index in [9.17, 15) is 23.3 Å². The Hall–Kier alpha value is -2.94. The molecular weight excluding hydrogens is 358 g/mol. The van der Waals surface area contributed by atoms with Gasteiger partial charge in [-0.1, -0.05) is 18.2 Å². The lowest BCUT2D eigenvalue weighted by Gasteiger charge is -2.19. The largest absolute Gasteiger partial charge is 0.339 e. The Bertz CT molecular complexity index is 924. The smallest absolute Gasteiger partial charge is 0.289 e. The molecular formula is C17H19N3O5S. The first-order valence-electron chi connectivity index (χ1n) is 7.95. The molecule has 0 aliphatic rings. The van der Waals surface area contributed by atoms with Crippen molar-refractivity contribution in [3.05, 3.63) is 64.2 Å². The zero-order valence-corrected chi connectivity index (χ0v) is 15.2. The molecule has 0 unspecified atom stereocenters. The van der Waals surface area contributed by atoms with Crippen LogP contribution in [-0.4, -0.2) is 37.2 Å². The molecule has 8 nitrogen and oxygen atoms in total. The molecule has 0 saturated heterocycles. The molecule has 9 heteroatoms. The van der Waals surface area contributed by atoms with Crippen LogP contribution in [0, 0.1) is 10.1 Å². The van der Waals surface area contributed by atoms with Gasteiger partial charge in [0.1, 0.15) is 0 Å². The number of carbonyl (C=O) groups is 1. The third kappa shape index (κ3) is 4.17. The van der Waals surface area contributed by atoms with Gasteiger partial charge in [0.2, 0.25) is 0 Å². The number of para-hydroxylation sites is 1. The molecule has 2 aromatic carbocycles. The first-order chi connectivity index (χ1) is 12.3. The molecule has 0 aliphatic carbocycles. The first kappa shape index (κ1) is 19.4. The number of nitrogens with zero attached hydrogens (tertiary/aromatic N) is 2. The second kappa shape index (κ2) is 7.96. The average Bonchev–Trinajstić information content (AvgIpc) is 2.62. The highest BCUT2D eigenvalue weighted by Crippen LogP contribution is 2.25. The number of nitrogens with one attached hydrogen (secondary N) is 1. The highest BCUT2D eigenvalue weighted by molar-refractivity contribution is 7.92. The lowest BCUT2D eigenvalue weighted by molar-refractivity contribution is -0.387. The fourth-order valence-electron chi connectivity index (χ4n) is 2.45. The Balaban J connectivity index is 2.36. The molecule has 0 heterocycles. The third-order valence-electron chi connectivity index (χ3n) is 3.76. The minimum atomic E-state index is -4.18. The van der Waals surface area contributed by atoms with Crippen molar-refractivity contribution in [3.8, 4) is 0 Å². The van der Waals surface area contributed by atoms with E-state index in [0.29, 0.717) is 18.7 Å². The molecule has 138 valence electrons. The molecule has 2 aromatic rings. The maximum Gasteiger partial charge on any atom is 0.289 e. The van der Waals surface area contributed by atoms with Gasteiger partial charge in [0.05, 0.1) is 4.92 Å². The van der Waals surface area contributed by atoms with Crippen molar-refractivity contribution in [1.29, 1.82) is 0 Å². The van der Waals surface area contributed by atoms with E-state index < -0.39 is 25.5 Å². The second-order valence-corrected chi connectivity index (χ2v) is 7.04. The number of sulfonamides is 1. The Morgan fingerprint density at radius 1 is 1.12 bits per heavy atom. The summed E-state index contributed by atoms with van der Waals surface area (Å²) >= 11 is 0. The second-order valence-electron chi connectivity index (χ2n) is 5.39. The van der Waals surface area contributed by atoms with Crippen LogP contribution in [0.15, 0.2) is 53.4 Å². The van der Waals surface area contributed by atoms with Crippen molar-refractivity contribution in [3.63, 3.8) is 0 Å². The van der Waals surface area contributed by atoms with Crippen LogP contribution in [0.1, 0.15) is 24.2 Å². The van der Waals surface area contributed by atoms with E-state index in [0.717, 1.165) is 12.1 Å². The monoisotopic (exact) mass is 377 g/mol. The predicted octanol–water partition coefficient (Wildman–Crippen LogP) is 2.88. The molecule has 0 aliphatic heterocycles. The number of anilines is 1. The summed E-state index contributed by atoms with van der Waals surface area (Å²) in [4.78, 5) is 23.9. The predicted molar refractivity (Wildman–Crippen MR) is 97.6 cm³/mol. The minimum absolute atomic E-state index is 0.154. The summed E-state index contributed by atoms with van der Waals surface area (Å²) in [5.41, 5.74) is -0.0343. The van der Waals surface area contributed by atoms with E-state index in [4.69, 9.17) is 0 Å². The van der Waals surface area contributed by atoms with Crippen molar-refractivity contribution >= 4 is 27.3 Å². The van der Waals surface area contributed by atoms with Crippen LogP contribution in [-0.2, 0) is 10.0 Å². The minimum Gasteiger partial charge on any atom is -0.339 e. The molecule has 0 bridgehead atoms. The molecule has 0 spiro atoms. The van der Waals surface area contributed by atoms with Gasteiger partial charge in [-0.25, -0.2) is 8.42 Å². The zero-order valence-electron chi connectivity index (χ0n) is 14.4. The van der Waals surface area contributed by atoms with Crippen LogP contribution in [0.2, 0.25) is 0 Å². The summed E-state index contributed by atoms with van der Waals surface area (Å²) in [5, 5.41) is 11.1. The van der Waals surface area contributed by atoms with Crippen LogP contribution in [0.3, 0.4) is 0 Å². The number of benzene rings is 2. The normalized spacial score (nSPS) is 11.0. The van der Waals surface area contributed by atoms with E-state index in [1.165, 1.54) is 24.3 Å². The summed E-state index contributed by atoms with van der Waals surface area (Å²) in [6.07, 6.45) is 0. The van der Waals surface area contributed by atoms with Crippen LogP contribution in [0.4, 0.5) is 11.4 Å². The maximum absolute atomic E-state index is 12.5. The standard InChI is InChI=1S/C17H19N3O5S/c1-3-19(4-2)17(21)13-8-7-9-14(12-13)18-26(24,25)16-11-6-5-10-15(16)20(22)23/h5-12,18H,3-4H2,1-2H3. The summed E-state index contributed by atoms with van der Waals surface area (Å²) in [7, 11) is -4.18. The van der Waals surface area contributed by atoms with Crippen molar-refractivity contribution in [2.45, 2.75) is 18.7 Å². The van der Waals surface area contributed by atoms with Crippen LogP contribution >= 0.6 is 0 Å². The lowest BCUT2D eigenvalue weighted by atomic mass is 10.2. The number of rotatable bonds is 7. The number of nitro groups is 1. The third-order valence-corrected chi connectivity index (χ3v) is 5.19. The number of hydrogen-bond acceptors (Lipinski definition) is 5. The zero-order chi connectivity index (χ0) is 19.3. The van der Waals surface area contributed by atoms with Crippen LogP contribution in [0.5, 0.6) is 0 Å². The topological polar surface area (TPSA) is 110 Å². The SMILES string of the molecule is CCN(CC)C(=O)c1cccc(NS(=O)(=O)c2ccccc2[N+](=O)[O-])c1. The first-order valence-corrected chi connectivity index (χ1v) is 9.44. The average molecular weight is 377 g/mol. The molecule has 1 N–H and O–H groups in total. The van der Waals surface area contributed by atoms with E-state index in [1.807, 2.05) is 13.8 Å². The van der Waals surface area contributed by atoms with E-state index in [-0.39, 0.29) is 11.6 Å². The van der Waals surface area contributed by atoms with E-state index in [2.05, 4.69) is 4.72 Å². The molecule has 2 rings (SSSR count). The quantitative estimate of drug-likeness (QED) is 0.589. The summed E-state index contributed by atoms with van der Waals surface area (Å²) in [6, 6.07) is 11.1. The Kier molecular flexibility index (Phi) is 5.93. The number of carbonyl (C=O) groups excluding carboxylic acids is 1. The van der Waals surface area contributed by atoms with Crippen LogP contribution < -0.4 is 4.72 Å². The van der Waals surface area contributed by atoms with Crippen LogP contribution in [0.25, 0.3) is 0 Å². The van der Waals surface area contributed by atoms with E-state index >= 15 is 0 Å². The Labute approximate surface area is 151 Å². The van der Waals surface area contributed by atoms with Gasteiger partial charge in [-0.2, -0.15) is 0 Å². The lowest BCUT2D eigenvalue weighted by Crippen LogP contribution is -2.30. The van der Waals surface area contributed by atoms with Crippen molar-refractivity contribution < 1.29 is 18.1 Å². The van der Waals surface area contributed by atoms with Crippen molar-refractivity contribution in [1.82, 2.24) is 4.90 Å². The molecule has 0 fully saturated rings. The van der Waals surface area contributed by atoms with Gasteiger partial charge in [0, 0.05) is 30.4 Å². The summed E-state index contributed by atoms with van der Waals surface area (Å²) in [5.74, 6) is -0.221. The fourth-order valence-corrected chi connectivity index (χ4v) is 3.68. The van der Waals surface area contributed by atoms with Gasteiger partial charge in [-0.05, 0) is 38.1 Å². The fraction of sp³-hybridized carbons (Fsp3) is 0.235. The Morgan fingerprint density at radius 2 is 1.77 bits per heavy atom. The van der Waals surface area contributed by atoms with Gasteiger partial charge in [-0.3, -0.25) is 19.6 Å². The molecule has 0 aromatic heterocycles. The molecule has 0 radical (unpaired) electrons. The van der Waals surface area contributed by atoms with Gasteiger partial charge >= 0.3 is 0 Å². The highest BCUT2D eigenvalue weighted by Gasteiger charge is 2.25. The van der Waals surface area contributed by atoms with Gasteiger partial charge in [-0.15, -0.1) is 0 Å². The number of amides is 1. The molecule has 1 amide bonds. The number of nitro benzene ring substituents is 1. The Morgan fingerprint density at radius 3 is 2.38 bits per heavy atom. The number of hydrogen-bond donors (Lipinski definition) is 1. The van der Waals surface area contributed by atoms with Gasteiger partial charge < -0.3 is 4.90 Å². The molecule has 0 saturated carbocycles. The summed E-state index contributed by atoms with van der Waals surface area (Å²) in [6.45, 7) is 4.76. The maximum atomic E-state index is 12.5. The van der Waals surface area contributed by atoms with Gasteiger partial charge in [0.15, 0.2) is 4.90 Å². The van der Waals surface area contributed by atoms with Crippen molar-refractivity contribution in [2.75, 3.05) is 17.8 Å². The van der Waals surface area contributed by atoms with E-state index in [1.54, 1.807) is 17.0 Å². The van der Waals surface area contributed by atoms with Crippen molar-refractivity contribution in [2.24, 2.45) is 0 Å². The van der Waals surface area contributed by atoms with Gasteiger partial charge in [0.25, 0.3) is 21.6 Å². The highest BCUT2D eigenvalue weighted by atomic mass is 32.2.